The predicted molar refractivity (Wildman–Crippen MR) is 239 cm³/mol. The van der Waals surface area contributed by atoms with Gasteiger partial charge in [0.05, 0.1) is 22.7 Å². The predicted octanol–water partition coefficient (Wildman–Crippen LogP) is 15.8. The van der Waals surface area contributed by atoms with E-state index >= 15 is 0 Å². The highest BCUT2D eigenvalue weighted by molar-refractivity contribution is 6.15. The monoisotopic (exact) mass is 734 g/mol. The van der Waals surface area contributed by atoms with Crippen LogP contribution in [0.2, 0.25) is 0 Å². The normalized spacial score (nSPS) is 11.6. The summed E-state index contributed by atoms with van der Waals surface area (Å²) < 4.78 is 13.4. The highest BCUT2D eigenvalue weighted by atomic mass is 16.6. The molecule has 0 atom stereocenters. The molecule has 1 aliphatic rings. The van der Waals surface area contributed by atoms with E-state index in [-0.39, 0.29) is 7.43 Å². The van der Waals surface area contributed by atoms with Crippen molar-refractivity contribution >= 4 is 77.2 Å². The van der Waals surface area contributed by atoms with Crippen LogP contribution < -0.4 is 19.3 Å². The van der Waals surface area contributed by atoms with Crippen LogP contribution in [0.3, 0.4) is 0 Å². The second kappa shape index (κ2) is 13.9. The number of para-hydroxylation sites is 2. The van der Waals surface area contributed by atoms with Crippen LogP contribution in [0.4, 0.5) is 34.1 Å². The van der Waals surface area contributed by atoms with Crippen molar-refractivity contribution in [3.05, 3.63) is 206 Å². The Morgan fingerprint density at radius 2 is 0.614 bits per heavy atom. The van der Waals surface area contributed by atoms with Crippen molar-refractivity contribution in [3.63, 3.8) is 0 Å². The lowest BCUT2D eigenvalue weighted by atomic mass is 9.99. The Morgan fingerprint density at radius 3 is 1.04 bits per heavy atom. The van der Waals surface area contributed by atoms with Crippen molar-refractivity contribution in [2.24, 2.45) is 0 Å². The molecule has 10 aromatic carbocycles. The van der Waals surface area contributed by atoms with E-state index in [0.717, 1.165) is 34.1 Å². The molecule has 0 unspecified atom stereocenters. The van der Waals surface area contributed by atoms with Gasteiger partial charge in [-0.25, -0.2) is 0 Å². The summed E-state index contributed by atoms with van der Waals surface area (Å²) in [4.78, 5) is 4.62. The first-order valence-electron chi connectivity index (χ1n) is 18.9. The molecule has 1 aliphatic heterocycles. The van der Waals surface area contributed by atoms with E-state index in [0.29, 0.717) is 23.0 Å². The molecular formula is C53H38N2O2. The van der Waals surface area contributed by atoms with E-state index in [1.165, 1.54) is 43.1 Å². The number of benzene rings is 10. The maximum absolute atomic E-state index is 6.70. The lowest BCUT2D eigenvalue weighted by Gasteiger charge is -2.30. The topological polar surface area (TPSA) is 24.9 Å². The molecule has 57 heavy (non-hydrogen) atoms. The van der Waals surface area contributed by atoms with Crippen LogP contribution in [0.15, 0.2) is 206 Å². The van der Waals surface area contributed by atoms with E-state index in [4.69, 9.17) is 9.47 Å². The van der Waals surface area contributed by atoms with Gasteiger partial charge in [-0.3, -0.25) is 0 Å². The zero-order valence-corrected chi connectivity index (χ0v) is 30.3. The maximum Gasteiger partial charge on any atom is 0.172 e. The van der Waals surface area contributed by atoms with Gasteiger partial charge in [-0.2, -0.15) is 0 Å². The van der Waals surface area contributed by atoms with Crippen LogP contribution in [-0.2, 0) is 0 Å². The molecule has 0 bridgehead atoms. The van der Waals surface area contributed by atoms with Crippen LogP contribution in [0.1, 0.15) is 7.43 Å². The Labute approximate surface area is 332 Å². The summed E-state index contributed by atoms with van der Waals surface area (Å²) in [6.07, 6.45) is 0. The van der Waals surface area contributed by atoms with Crippen molar-refractivity contribution in [3.8, 4) is 23.0 Å². The second-order valence-electron chi connectivity index (χ2n) is 14.1. The maximum atomic E-state index is 6.70. The van der Waals surface area contributed by atoms with Gasteiger partial charge in [0.25, 0.3) is 0 Å². The highest BCUT2D eigenvalue weighted by Crippen LogP contribution is 2.51. The van der Waals surface area contributed by atoms with Crippen molar-refractivity contribution in [2.45, 2.75) is 7.43 Å². The summed E-state index contributed by atoms with van der Waals surface area (Å²) in [5.74, 6) is 2.65. The first kappa shape index (κ1) is 34.0. The summed E-state index contributed by atoms with van der Waals surface area (Å²) in [5.41, 5.74) is 6.23. The van der Waals surface area contributed by atoms with Crippen molar-refractivity contribution in [1.29, 1.82) is 0 Å². The van der Waals surface area contributed by atoms with E-state index in [1.54, 1.807) is 0 Å². The fourth-order valence-electron chi connectivity index (χ4n) is 8.28. The first-order valence-corrected chi connectivity index (χ1v) is 18.9. The molecule has 0 aromatic heterocycles. The zero-order chi connectivity index (χ0) is 37.0. The summed E-state index contributed by atoms with van der Waals surface area (Å²) in [6, 6.07) is 72.5. The lowest BCUT2D eigenvalue weighted by molar-refractivity contribution is 0.360. The number of nitrogens with zero attached hydrogens (tertiary/aromatic N) is 2. The summed E-state index contributed by atoms with van der Waals surface area (Å²) in [7, 11) is 0. The highest BCUT2D eigenvalue weighted by Gasteiger charge is 2.25. The van der Waals surface area contributed by atoms with Crippen LogP contribution in [0, 0.1) is 0 Å². The smallest absolute Gasteiger partial charge is 0.172 e. The van der Waals surface area contributed by atoms with Crippen LogP contribution in [0.25, 0.3) is 43.1 Å². The minimum absolute atomic E-state index is 0. The Balaban J connectivity index is 0.00000396. The molecule has 0 N–H and O–H groups in total. The van der Waals surface area contributed by atoms with Crippen LogP contribution in [-0.4, -0.2) is 0 Å². The number of rotatable bonds is 6. The third-order valence-electron chi connectivity index (χ3n) is 10.8. The minimum Gasteiger partial charge on any atom is -0.449 e. The van der Waals surface area contributed by atoms with Gasteiger partial charge in [0, 0.05) is 34.3 Å². The first-order chi connectivity index (χ1) is 27.8. The molecule has 0 fully saturated rings. The largest absolute Gasteiger partial charge is 0.449 e. The molecule has 0 amide bonds. The molecule has 10 aromatic rings. The van der Waals surface area contributed by atoms with E-state index < -0.39 is 0 Å². The molecule has 11 rings (SSSR count). The molecule has 0 spiro atoms. The van der Waals surface area contributed by atoms with E-state index in [1.807, 2.05) is 12.1 Å². The van der Waals surface area contributed by atoms with Gasteiger partial charge >= 0.3 is 0 Å². The second-order valence-corrected chi connectivity index (χ2v) is 14.1. The number of hydrogen-bond donors (Lipinski definition) is 0. The Kier molecular flexibility index (Phi) is 8.31. The van der Waals surface area contributed by atoms with Gasteiger partial charge < -0.3 is 19.3 Å². The summed E-state index contributed by atoms with van der Waals surface area (Å²) >= 11 is 0. The third kappa shape index (κ3) is 5.78. The fourth-order valence-corrected chi connectivity index (χ4v) is 8.28. The average molecular weight is 735 g/mol. The van der Waals surface area contributed by atoms with E-state index in [9.17, 15) is 0 Å². The Morgan fingerprint density at radius 1 is 0.263 bits per heavy atom. The number of fused-ring (bicyclic) bond motifs is 8. The van der Waals surface area contributed by atoms with Crippen LogP contribution in [0.5, 0.6) is 23.0 Å². The molecule has 0 radical (unpaired) electrons. The van der Waals surface area contributed by atoms with Gasteiger partial charge in [-0.1, -0.05) is 141 Å². The number of hydrogen-bond acceptors (Lipinski definition) is 4. The average Bonchev–Trinajstić information content (AvgIpc) is 3.26. The molecule has 272 valence electrons. The molecule has 1 heterocycles. The zero-order valence-electron chi connectivity index (χ0n) is 30.3. The lowest BCUT2D eigenvalue weighted by Crippen LogP contribution is -2.12. The van der Waals surface area contributed by atoms with Crippen molar-refractivity contribution < 1.29 is 9.47 Å². The Bertz CT molecular complexity index is 2890. The molecule has 0 aliphatic carbocycles. The molecule has 0 saturated carbocycles. The summed E-state index contributed by atoms with van der Waals surface area (Å²) in [6.45, 7) is 0. The van der Waals surface area contributed by atoms with Gasteiger partial charge in [0.1, 0.15) is 0 Å². The third-order valence-corrected chi connectivity index (χ3v) is 10.8. The molecular weight excluding hydrogens is 697 g/mol. The van der Waals surface area contributed by atoms with Gasteiger partial charge in [0.2, 0.25) is 0 Å². The van der Waals surface area contributed by atoms with Crippen molar-refractivity contribution in [2.75, 3.05) is 9.80 Å². The van der Waals surface area contributed by atoms with Gasteiger partial charge in [-0.15, -0.1) is 0 Å². The molecule has 0 saturated heterocycles. The van der Waals surface area contributed by atoms with Crippen LogP contribution >= 0.6 is 0 Å². The van der Waals surface area contributed by atoms with E-state index in [2.05, 4.69) is 204 Å². The quantitative estimate of drug-likeness (QED) is 0.159. The summed E-state index contributed by atoms with van der Waals surface area (Å²) in [5, 5.41) is 9.61. The Hall–Kier alpha value is -7.56. The van der Waals surface area contributed by atoms with Gasteiger partial charge in [-0.05, 0) is 93.0 Å². The van der Waals surface area contributed by atoms with Gasteiger partial charge in [0.15, 0.2) is 23.0 Å². The molecule has 4 heteroatoms. The SMILES string of the molecule is C.c1ccc(N(c2ccc3c(c2)Oc2ccc(N(c4ccccc4)c4cc5ccccc5c5ccccc45)cc2O3)c2cc3ccccc3c3ccccc23)cc1. The number of anilines is 6. The van der Waals surface area contributed by atoms with Crippen molar-refractivity contribution in [1.82, 2.24) is 0 Å². The number of ether oxygens (including phenoxy) is 2. The minimum atomic E-state index is 0. The fraction of sp³-hybridized carbons (Fsp3) is 0.0189. The molecule has 4 nitrogen and oxygen atoms in total. The standard InChI is InChI=1S/C52H34N2O2.CH4/c1-3-17-37(18-4-1)53(47-31-35-15-7-9-21-41(35)43-23-11-13-25-45(43)47)39-27-29-49-51(33-39)55-50-30-28-40(34-52(50)56-49)54(38-19-5-2-6-20-38)48-32-36-16-8-10-22-42(36)44-24-12-14-26-46(44)48;/h1-34H;1H4.